The van der Waals surface area contributed by atoms with Gasteiger partial charge in [-0.25, -0.2) is 41.8 Å². The van der Waals surface area contributed by atoms with Crippen molar-refractivity contribution in [2.45, 2.75) is 192 Å². The normalized spacial score (nSPS) is 25.1. The van der Waals surface area contributed by atoms with Crippen molar-refractivity contribution in [1.82, 2.24) is 73.8 Å². The first-order chi connectivity index (χ1) is 56.5. The lowest BCUT2D eigenvalue weighted by Gasteiger charge is -2.25. The monoisotopic (exact) mass is 1740 g/mol. The number of nitrogens with one attached hydrogen (secondary N) is 6. The minimum atomic E-state index is -4.28. The number of nitrogens with zero attached hydrogens (tertiary/aromatic N) is 12. The SMILES string of the molecule is CNc1nc(N)nc2c1ncn2[C@@H]1O[C@H](COP(=O)(NC(C)C(=O)OC(C)C)Oc2ccccc2)[C@@H](O)[C@@]1(C)F.CNc1nc(N)nc2c1ncn2[C@@H]1O[C@H](CO[P@@](=O)(NC(C)C(=O)OC(C)C)Oc2ccccc2)[C@@H](O)[C@@]1(C)F.CNc1nc(N)nc2c1ncn2[C@@H]1O[C@H](CO[P@](=O)(NC(C)C(=O)OC(C)C)Oc2ccccc2)[C@@H](O)[C@@]1(C)F. The average molecular weight is 1740 g/mol. The molecule has 654 valence electrons. The fourth-order valence-electron chi connectivity index (χ4n) is 12.4. The van der Waals surface area contributed by atoms with Crippen LogP contribution in [-0.2, 0) is 70.1 Å². The van der Waals surface area contributed by atoms with Crippen LogP contribution in [0, 0.1) is 0 Å². The summed E-state index contributed by atoms with van der Waals surface area (Å²) in [6, 6.07) is 21.1. The second-order valence-electron chi connectivity index (χ2n) is 29.0. The molecule has 15 N–H and O–H groups in total. The highest BCUT2D eigenvalue weighted by molar-refractivity contribution is 7.52. The summed E-state index contributed by atoms with van der Waals surface area (Å²) in [5.74, 6) is -0.728. The van der Waals surface area contributed by atoms with E-state index in [1.54, 1.807) is 154 Å². The lowest BCUT2D eigenvalue weighted by molar-refractivity contribution is -0.150. The molecule has 48 heteroatoms. The first kappa shape index (κ1) is 92.2. The van der Waals surface area contributed by atoms with Gasteiger partial charge in [-0.3, -0.25) is 41.7 Å². The summed E-state index contributed by atoms with van der Waals surface area (Å²) < 4.78 is 160. The molecule has 9 aromatic rings. The molecule has 3 saturated heterocycles. The molecule has 18 atom stereocenters. The number of nitrogen functional groups attached to an aromatic ring is 3. The number of hydrogen-bond donors (Lipinski definition) is 12. The molecule has 12 rings (SSSR count). The molecule has 9 heterocycles. The molecule has 4 unspecified atom stereocenters. The summed E-state index contributed by atoms with van der Waals surface area (Å²) in [6.07, 6.45) is -10.6. The molecule has 6 aromatic heterocycles. The van der Waals surface area contributed by atoms with Gasteiger partial charge in [-0.1, -0.05) is 54.6 Å². The van der Waals surface area contributed by atoms with Gasteiger partial charge in [0.05, 0.1) is 57.1 Å². The number of rotatable bonds is 33. The van der Waals surface area contributed by atoms with Crippen LogP contribution in [0.1, 0.15) is 102 Å². The Balaban J connectivity index is 0.000000189. The number of alkyl halides is 3. The fraction of sp³-hybridized carbons (Fsp3) is 0.500. The number of imidazole rings is 3. The maximum atomic E-state index is 16.0. The Kier molecular flexibility index (Phi) is 29.5. The van der Waals surface area contributed by atoms with E-state index in [-0.39, 0.29) is 52.0 Å². The largest absolute Gasteiger partial charge is 0.462 e. The van der Waals surface area contributed by atoms with Crippen LogP contribution in [0.4, 0.5) is 48.5 Å². The molecule has 0 saturated carbocycles. The van der Waals surface area contributed by atoms with E-state index in [0.717, 1.165) is 20.8 Å². The number of aliphatic hydroxyl groups excluding tert-OH is 3. The zero-order valence-corrected chi connectivity index (χ0v) is 70.6. The Morgan fingerprint density at radius 2 is 0.667 bits per heavy atom. The van der Waals surface area contributed by atoms with Crippen LogP contribution < -0.4 is 62.0 Å². The second kappa shape index (κ2) is 38.3. The number of anilines is 6. The van der Waals surface area contributed by atoms with Gasteiger partial charge in [-0.2, -0.15) is 45.2 Å². The summed E-state index contributed by atoms with van der Waals surface area (Å²) in [7, 11) is -7.98. The fourth-order valence-corrected chi connectivity index (χ4v) is 16.9. The molecule has 0 aliphatic carbocycles. The van der Waals surface area contributed by atoms with Crippen LogP contribution in [-0.4, -0.2) is 223 Å². The second-order valence-corrected chi connectivity index (χ2v) is 34.1. The van der Waals surface area contributed by atoms with Gasteiger partial charge >= 0.3 is 41.1 Å². The number of hydrogen-bond acceptors (Lipinski definition) is 36. The summed E-state index contributed by atoms with van der Waals surface area (Å²) in [5.41, 5.74) is 11.8. The standard InChI is InChI=1S/3C24H33FN7O7P/c3*1-13(2)37-21(34)14(3)31-40(35,39-15-9-7-6-8-10-15)36-11-16-18(33)24(4,25)22(38-16)32-12-28-17-19(27-5)29-23(26)30-20(17)32/h3*6-10,12-14,16,18,22,33H,11H2,1-5H3,(H,31,35)(H3,26,27,29,30)/t14?,16-,18-,22-,24-,40?;14?,16-,18-,22-,24-,40+;14?,16-,18-,22-,24-,40-/m111/s1. The molecule has 0 amide bonds. The summed E-state index contributed by atoms with van der Waals surface area (Å²) in [6.45, 7) is 16.1. The summed E-state index contributed by atoms with van der Waals surface area (Å²) in [5, 5.41) is 48.7. The Labute approximate surface area is 686 Å². The van der Waals surface area contributed by atoms with Gasteiger partial charge < -0.3 is 90.5 Å². The van der Waals surface area contributed by atoms with E-state index >= 15 is 13.2 Å². The number of fused-ring (bicyclic) bond motifs is 3. The smallest absolute Gasteiger partial charge is 0.459 e. The van der Waals surface area contributed by atoms with E-state index < -0.39 is 170 Å². The third-order valence-corrected chi connectivity index (χ3v) is 23.2. The van der Waals surface area contributed by atoms with E-state index in [0.29, 0.717) is 34.0 Å². The topological polar surface area (TPSA) is 555 Å². The maximum absolute atomic E-state index is 16.0. The Bertz CT molecular complexity index is 4670. The molecule has 0 radical (unpaired) electrons. The minimum Gasteiger partial charge on any atom is -0.462 e. The average Bonchev–Trinajstić information content (AvgIpc) is 1.60. The number of halogens is 3. The molecule has 3 fully saturated rings. The van der Waals surface area contributed by atoms with Crippen LogP contribution in [0.15, 0.2) is 110 Å². The Morgan fingerprint density at radius 1 is 0.433 bits per heavy atom. The quantitative estimate of drug-likeness (QED) is 0.0106. The van der Waals surface area contributed by atoms with Gasteiger partial charge in [0, 0.05) is 21.1 Å². The number of aliphatic hydroxyl groups is 3. The van der Waals surface area contributed by atoms with Crippen molar-refractivity contribution < 1.29 is 112 Å². The predicted octanol–water partition coefficient (Wildman–Crippen LogP) is 7.71. The molecule has 3 aliphatic rings. The molecule has 3 aliphatic heterocycles. The highest BCUT2D eigenvalue weighted by atomic mass is 31.2. The van der Waals surface area contributed by atoms with Gasteiger partial charge in [0.1, 0.15) is 72.0 Å². The van der Waals surface area contributed by atoms with Gasteiger partial charge in [0.2, 0.25) is 17.8 Å². The van der Waals surface area contributed by atoms with Crippen molar-refractivity contribution in [3.63, 3.8) is 0 Å². The molecule has 0 bridgehead atoms. The molecule has 0 spiro atoms. The molecule has 42 nitrogen and oxygen atoms in total. The Morgan fingerprint density at radius 3 is 0.883 bits per heavy atom. The van der Waals surface area contributed by atoms with E-state index in [9.17, 15) is 43.4 Å². The number of nitrogens with two attached hydrogens (primary N) is 3. The zero-order valence-electron chi connectivity index (χ0n) is 67.9. The van der Waals surface area contributed by atoms with Crippen LogP contribution in [0.25, 0.3) is 33.5 Å². The van der Waals surface area contributed by atoms with Gasteiger partial charge in [0.25, 0.3) is 0 Å². The van der Waals surface area contributed by atoms with Crippen molar-refractivity contribution in [1.29, 1.82) is 0 Å². The van der Waals surface area contributed by atoms with Gasteiger partial charge in [-0.05, 0) is 119 Å². The lowest BCUT2D eigenvalue weighted by atomic mass is 9.98. The maximum Gasteiger partial charge on any atom is 0.459 e. The van der Waals surface area contributed by atoms with Crippen molar-refractivity contribution in [2.24, 2.45) is 0 Å². The highest BCUT2D eigenvalue weighted by Gasteiger charge is 2.59. The van der Waals surface area contributed by atoms with Crippen molar-refractivity contribution >= 4 is 110 Å². The van der Waals surface area contributed by atoms with Crippen LogP contribution in [0.2, 0.25) is 0 Å². The Hall–Kier alpha value is -10.1. The summed E-state index contributed by atoms with van der Waals surface area (Å²) >= 11 is 0. The number of aromatic nitrogens is 12. The van der Waals surface area contributed by atoms with Crippen LogP contribution >= 0.6 is 23.2 Å². The number of para-hydroxylation sites is 3. The minimum absolute atomic E-state index is 0.0761. The number of carbonyl (C=O) groups excluding carboxylic acids is 3. The van der Waals surface area contributed by atoms with E-state index in [4.69, 9.17) is 72.8 Å². The summed E-state index contributed by atoms with van der Waals surface area (Å²) in [4.78, 5) is 74.5. The van der Waals surface area contributed by atoms with Crippen LogP contribution in [0.3, 0.4) is 0 Å². The van der Waals surface area contributed by atoms with E-state index in [2.05, 4.69) is 76.1 Å². The van der Waals surface area contributed by atoms with Gasteiger partial charge in [0.15, 0.2) is 86.6 Å². The van der Waals surface area contributed by atoms with E-state index in [1.807, 2.05) is 0 Å². The number of benzene rings is 3. The molecule has 3 aromatic carbocycles. The highest BCUT2D eigenvalue weighted by Crippen LogP contribution is 2.52. The zero-order chi connectivity index (χ0) is 87.7. The first-order valence-corrected chi connectivity index (χ1v) is 42.2. The molecular weight excluding hydrogens is 1640 g/mol. The number of esters is 3. The van der Waals surface area contributed by atoms with Crippen molar-refractivity contribution in [2.75, 3.05) is 74.1 Å². The van der Waals surface area contributed by atoms with Crippen molar-refractivity contribution in [3.8, 4) is 17.2 Å². The van der Waals surface area contributed by atoms with Gasteiger partial charge in [-0.15, -0.1) is 0 Å². The lowest BCUT2D eigenvalue weighted by Crippen LogP contribution is -2.41. The third kappa shape index (κ3) is 21.6. The van der Waals surface area contributed by atoms with E-state index in [1.165, 1.54) is 53.5 Å². The predicted molar refractivity (Wildman–Crippen MR) is 429 cm³/mol. The molecular formula is C72H99F3N21O21P3. The third-order valence-electron chi connectivity index (χ3n) is 18.2. The number of ether oxygens (including phenoxy) is 6. The number of carbonyl (C=O) groups is 3. The van der Waals surface area contributed by atoms with Crippen LogP contribution in [0.5, 0.6) is 17.2 Å². The molecule has 120 heavy (non-hydrogen) atoms. The first-order valence-electron chi connectivity index (χ1n) is 37.6. The van der Waals surface area contributed by atoms with Crippen molar-refractivity contribution in [3.05, 3.63) is 110 Å².